The van der Waals surface area contributed by atoms with Gasteiger partial charge in [-0.05, 0) is 45.4 Å². The van der Waals surface area contributed by atoms with Crippen LogP contribution in [-0.2, 0) is 24.4 Å². The van der Waals surface area contributed by atoms with Gasteiger partial charge < -0.3 is 4.74 Å². The van der Waals surface area contributed by atoms with Gasteiger partial charge in [-0.15, -0.1) is 0 Å². The quantitative estimate of drug-likeness (QED) is 0.589. The van der Waals surface area contributed by atoms with Crippen LogP contribution < -0.4 is 0 Å². The summed E-state index contributed by atoms with van der Waals surface area (Å²) in [4.78, 5) is 12.3. The van der Waals surface area contributed by atoms with Crippen molar-refractivity contribution in [3.63, 3.8) is 0 Å². The molecule has 0 aliphatic rings. The van der Waals surface area contributed by atoms with Crippen LogP contribution in [0.3, 0.4) is 0 Å². The smallest absolute Gasteiger partial charge is 0.338 e. The van der Waals surface area contributed by atoms with Crippen molar-refractivity contribution < 1.29 is 26.4 Å². The largest absolute Gasteiger partial charge is 0.457 e. The molecule has 0 aromatic heterocycles. The summed E-state index contributed by atoms with van der Waals surface area (Å²) in [5.74, 6) is -1.83. The van der Waals surface area contributed by atoms with E-state index in [9.17, 15) is 21.6 Å². The Balaban J connectivity index is 3.06. The lowest BCUT2D eigenvalue weighted by Gasteiger charge is -2.20. The highest BCUT2D eigenvalue weighted by Crippen LogP contribution is 2.14. The fourth-order valence-corrected chi connectivity index (χ4v) is 4.32. The van der Waals surface area contributed by atoms with Crippen LogP contribution in [0.4, 0.5) is 0 Å². The third-order valence-electron chi connectivity index (χ3n) is 3.93. The van der Waals surface area contributed by atoms with E-state index >= 15 is 0 Å². The second-order valence-electron chi connectivity index (χ2n) is 6.61. The third-order valence-corrected chi connectivity index (χ3v) is 8.47. The average molecular weight is 403 g/mol. The lowest BCUT2D eigenvalue weighted by atomic mass is 10.1. The van der Waals surface area contributed by atoms with Crippen molar-refractivity contribution in [2.45, 2.75) is 44.3 Å². The van der Waals surface area contributed by atoms with Gasteiger partial charge in [-0.25, -0.2) is 21.6 Å². The maximum absolute atomic E-state index is 12.3. The number of rotatable bonds is 9. The van der Waals surface area contributed by atoms with Crippen LogP contribution in [0.15, 0.2) is 30.8 Å². The van der Waals surface area contributed by atoms with Crippen LogP contribution in [0.5, 0.6) is 0 Å². The van der Waals surface area contributed by atoms with Crippen molar-refractivity contribution in [3.05, 3.63) is 42.0 Å². The van der Waals surface area contributed by atoms with E-state index in [4.69, 9.17) is 4.74 Å². The Bertz CT molecular complexity index is 794. The van der Waals surface area contributed by atoms with Gasteiger partial charge >= 0.3 is 5.97 Å². The Labute approximate surface area is 156 Å². The minimum atomic E-state index is -3.59. The van der Waals surface area contributed by atoms with Crippen LogP contribution in [0.25, 0.3) is 6.08 Å². The molecule has 1 aromatic rings. The summed E-state index contributed by atoms with van der Waals surface area (Å²) in [5.41, 5.74) is 1.02. The number of carbonyl (C=O) groups excluding carboxylic acids is 1. The fourth-order valence-electron chi connectivity index (χ4n) is 1.99. The first-order valence-corrected chi connectivity index (χ1v) is 11.7. The van der Waals surface area contributed by atoms with E-state index < -0.39 is 53.8 Å². The van der Waals surface area contributed by atoms with E-state index in [0.717, 1.165) is 5.56 Å². The summed E-state index contributed by atoms with van der Waals surface area (Å²) >= 11 is 0. The van der Waals surface area contributed by atoms with E-state index in [1.54, 1.807) is 18.2 Å². The van der Waals surface area contributed by atoms with Gasteiger partial charge in [-0.3, -0.25) is 0 Å². The Morgan fingerprint density at radius 1 is 0.962 bits per heavy atom. The van der Waals surface area contributed by atoms with Crippen molar-refractivity contribution >= 4 is 31.7 Å². The molecule has 0 spiro atoms. The molecule has 1 rings (SSSR count). The molecule has 1 aromatic carbocycles. The summed E-state index contributed by atoms with van der Waals surface area (Å²) < 4.78 is 54.1. The zero-order valence-corrected chi connectivity index (χ0v) is 17.1. The summed E-state index contributed by atoms with van der Waals surface area (Å²) in [6.45, 7) is 9.61. The van der Waals surface area contributed by atoms with Crippen LogP contribution in [0, 0.1) is 0 Å². The lowest BCUT2D eigenvalue weighted by Crippen LogP contribution is -2.37. The number of ether oxygens (including phenoxy) is 1. The van der Waals surface area contributed by atoms with E-state index in [1.807, 2.05) is 0 Å². The molecule has 0 bridgehead atoms. The van der Waals surface area contributed by atoms with E-state index in [-0.39, 0.29) is 5.56 Å². The Morgan fingerprint density at radius 3 is 1.73 bits per heavy atom. The molecule has 0 fully saturated rings. The number of carbonyl (C=O) groups is 1. The van der Waals surface area contributed by atoms with Gasteiger partial charge in [-0.1, -0.05) is 24.8 Å². The minimum Gasteiger partial charge on any atom is -0.457 e. The number of esters is 1. The maximum Gasteiger partial charge on any atom is 0.338 e. The predicted molar refractivity (Wildman–Crippen MR) is 104 cm³/mol. The SMILES string of the molecule is C=Cc1ccc(C(=O)OC(CS(=O)(=O)C(C)C)CS(=O)(=O)C(C)C)cc1. The third kappa shape index (κ3) is 6.25. The molecule has 0 N–H and O–H groups in total. The van der Waals surface area contributed by atoms with E-state index in [0.29, 0.717) is 0 Å². The van der Waals surface area contributed by atoms with Crippen LogP contribution in [0.1, 0.15) is 43.6 Å². The van der Waals surface area contributed by atoms with Crippen molar-refractivity contribution in [1.29, 1.82) is 0 Å². The van der Waals surface area contributed by atoms with Crippen LogP contribution in [0.2, 0.25) is 0 Å². The predicted octanol–water partition coefficient (Wildman–Crippen LogP) is 2.50. The van der Waals surface area contributed by atoms with Crippen molar-refractivity contribution in [1.82, 2.24) is 0 Å². The number of hydrogen-bond acceptors (Lipinski definition) is 6. The summed E-state index contributed by atoms with van der Waals surface area (Å²) in [7, 11) is -7.18. The summed E-state index contributed by atoms with van der Waals surface area (Å²) in [5, 5.41) is -1.39. The zero-order chi connectivity index (χ0) is 20.1. The molecule has 0 heterocycles. The van der Waals surface area contributed by atoms with Gasteiger partial charge in [0.15, 0.2) is 19.7 Å². The topological polar surface area (TPSA) is 94.6 Å². The van der Waals surface area contributed by atoms with Gasteiger partial charge in [0.05, 0.1) is 27.6 Å². The molecule has 0 saturated heterocycles. The van der Waals surface area contributed by atoms with Crippen molar-refractivity contribution in [2.24, 2.45) is 0 Å². The van der Waals surface area contributed by atoms with Gasteiger partial charge in [-0.2, -0.15) is 0 Å². The molecular weight excluding hydrogens is 376 g/mol. The van der Waals surface area contributed by atoms with Gasteiger partial charge in [0.2, 0.25) is 0 Å². The standard InChI is InChI=1S/C18H26O6S2/c1-6-15-7-9-16(10-8-15)18(19)24-17(11-25(20,21)13(2)3)12-26(22,23)14(4)5/h6-10,13-14,17H,1,11-12H2,2-5H3. The highest BCUT2D eigenvalue weighted by atomic mass is 32.2. The van der Waals surface area contributed by atoms with Crippen LogP contribution >= 0.6 is 0 Å². The Kier molecular flexibility index (Phi) is 7.58. The van der Waals surface area contributed by atoms with Gasteiger partial charge in [0, 0.05) is 0 Å². The second kappa shape index (κ2) is 8.81. The normalized spacial score (nSPS) is 12.6. The molecule has 146 valence electrons. The average Bonchev–Trinajstić information content (AvgIpc) is 2.53. The molecular formula is C18H26O6S2. The highest BCUT2D eigenvalue weighted by molar-refractivity contribution is 7.93. The van der Waals surface area contributed by atoms with Crippen molar-refractivity contribution in [3.8, 4) is 0 Å². The summed E-state index contributed by atoms with van der Waals surface area (Å²) in [6, 6.07) is 6.36. The first-order chi connectivity index (χ1) is 11.9. The molecule has 0 unspecified atom stereocenters. The number of benzene rings is 1. The maximum atomic E-state index is 12.3. The molecule has 0 saturated carbocycles. The fraction of sp³-hybridized carbons (Fsp3) is 0.500. The lowest BCUT2D eigenvalue weighted by molar-refractivity contribution is 0.0389. The first-order valence-electron chi connectivity index (χ1n) is 8.25. The molecule has 0 radical (unpaired) electrons. The molecule has 26 heavy (non-hydrogen) atoms. The molecule has 6 nitrogen and oxygen atoms in total. The molecule has 0 atom stereocenters. The van der Waals surface area contributed by atoms with Crippen molar-refractivity contribution in [2.75, 3.05) is 11.5 Å². The first kappa shape index (κ1) is 22.4. The monoisotopic (exact) mass is 402 g/mol. The van der Waals surface area contributed by atoms with Gasteiger partial charge in [0.25, 0.3) is 0 Å². The molecule has 0 aliphatic heterocycles. The highest BCUT2D eigenvalue weighted by Gasteiger charge is 2.31. The minimum absolute atomic E-state index is 0.212. The number of hydrogen-bond donors (Lipinski definition) is 0. The van der Waals surface area contributed by atoms with Crippen LogP contribution in [-0.4, -0.2) is 50.9 Å². The summed E-state index contributed by atoms with van der Waals surface area (Å²) in [6.07, 6.45) is 0.351. The van der Waals surface area contributed by atoms with Gasteiger partial charge in [0.1, 0.15) is 6.10 Å². The number of sulfone groups is 2. The Morgan fingerprint density at radius 2 is 1.38 bits per heavy atom. The zero-order valence-electron chi connectivity index (χ0n) is 15.5. The van der Waals surface area contributed by atoms with E-state index in [2.05, 4.69) is 6.58 Å². The second-order valence-corrected chi connectivity index (χ2v) is 11.8. The van der Waals surface area contributed by atoms with E-state index in [1.165, 1.54) is 39.8 Å². The molecule has 8 heteroatoms. The molecule has 0 amide bonds. The molecule has 0 aliphatic carbocycles. The Hall–Kier alpha value is -1.67.